The van der Waals surface area contributed by atoms with Crippen LogP contribution in [-0.2, 0) is 11.4 Å². The number of benzene rings is 2. The molecule has 1 fully saturated rings. The first-order valence-corrected chi connectivity index (χ1v) is 11.0. The Morgan fingerprint density at radius 2 is 1.79 bits per heavy atom. The molecule has 0 spiro atoms. The van der Waals surface area contributed by atoms with E-state index in [1.807, 2.05) is 44.2 Å². The van der Waals surface area contributed by atoms with Gasteiger partial charge >= 0.3 is 0 Å². The lowest BCUT2D eigenvalue weighted by atomic mass is 10.2. The van der Waals surface area contributed by atoms with E-state index in [0.29, 0.717) is 17.3 Å². The van der Waals surface area contributed by atoms with Crippen LogP contribution < -0.4 is 4.74 Å². The summed E-state index contributed by atoms with van der Waals surface area (Å²) in [5, 5.41) is -0.353. The number of aromatic nitrogens is 1. The van der Waals surface area contributed by atoms with Crippen molar-refractivity contribution < 1.29 is 18.7 Å². The van der Waals surface area contributed by atoms with E-state index in [4.69, 9.17) is 11.2 Å². The van der Waals surface area contributed by atoms with Crippen molar-refractivity contribution >= 4 is 29.0 Å². The number of carbonyl (C=O) groups excluding carboxylic acids is 2. The van der Waals surface area contributed by atoms with Gasteiger partial charge in [0.25, 0.3) is 11.1 Å². The first kappa shape index (κ1) is 22.4. The van der Waals surface area contributed by atoms with Crippen molar-refractivity contribution in [1.82, 2.24) is 9.47 Å². The van der Waals surface area contributed by atoms with Crippen molar-refractivity contribution in [1.29, 1.82) is 0 Å². The van der Waals surface area contributed by atoms with Crippen LogP contribution in [0.4, 0.5) is 9.18 Å². The zero-order valence-corrected chi connectivity index (χ0v) is 19.0. The van der Waals surface area contributed by atoms with Gasteiger partial charge in [-0.15, -0.1) is 6.42 Å². The molecule has 0 radical (unpaired) electrons. The van der Waals surface area contributed by atoms with Gasteiger partial charge in [-0.1, -0.05) is 18.1 Å². The predicted molar refractivity (Wildman–Crippen MR) is 127 cm³/mol. The number of halogens is 1. The Kier molecular flexibility index (Phi) is 6.38. The molecule has 5 nitrogen and oxygen atoms in total. The minimum Gasteiger partial charge on any atom is -0.489 e. The molecule has 1 aliphatic heterocycles. The van der Waals surface area contributed by atoms with Crippen molar-refractivity contribution in [2.75, 3.05) is 6.54 Å². The molecule has 2 aromatic carbocycles. The van der Waals surface area contributed by atoms with E-state index in [1.165, 1.54) is 12.1 Å². The monoisotopic (exact) mass is 460 g/mol. The zero-order chi connectivity index (χ0) is 23.5. The Morgan fingerprint density at radius 1 is 1.09 bits per heavy atom. The maximum atomic E-state index is 13.0. The number of terminal acetylenes is 1. The van der Waals surface area contributed by atoms with Gasteiger partial charge in [0.1, 0.15) is 18.2 Å². The number of imide groups is 1. The van der Waals surface area contributed by atoms with Gasteiger partial charge in [0.05, 0.1) is 11.4 Å². The van der Waals surface area contributed by atoms with Crippen LogP contribution in [0.5, 0.6) is 5.75 Å². The van der Waals surface area contributed by atoms with E-state index in [9.17, 15) is 14.0 Å². The SMILES string of the molecule is C#CCN1C(=O)S/C(=C/c2cc(C)n(-c3ccc(OCc4ccc(F)cc4)cc3)c2C)C1=O. The lowest BCUT2D eigenvalue weighted by molar-refractivity contribution is -0.122. The predicted octanol–water partition coefficient (Wildman–Crippen LogP) is 5.48. The summed E-state index contributed by atoms with van der Waals surface area (Å²) in [6.07, 6.45) is 6.99. The van der Waals surface area contributed by atoms with Crippen LogP contribution in [0.3, 0.4) is 0 Å². The summed E-state index contributed by atoms with van der Waals surface area (Å²) in [6.45, 7) is 4.26. The van der Waals surface area contributed by atoms with Crippen LogP contribution in [0.1, 0.15) is 22.5 Å². The average molecular weight is 461 g/mol. The highest BCUT2D eigenvalue weighted by molar-refractivity contribution is 8.18. The fraction of sp³-hybridized carbons (Fsp3) is 0.154. The highest BCUT2D eigenvalue weighted by Gasteiger charge is 2.34. The van der Waals surface area contributed by atoms with Crippen LogP contribution >= 0.6 is 11.8 Å². The second-order valence-corrected chi connectivity index (χ2v) is 8.54. The maximum Gasteiger partial charge on any atom is 0.294 e. The molecule has 4 rings (SSSR count). The normalized spacial score (nSPS) is 14.7. The van der Waals surface area contributed by atoms with Gasteiger partial charge < -0.3 is 9.30 Å². The van der Waals surface area contributed by atoms with Crippen molar-refractivity contribution in [3.8, 4) is 23.8 Å². The number of ether oxygens (including phenoxy) is 1. The summed E-state index contributed by atoms with van der Waals surface area (Å²) < 4.78 is 20.9. The van der Waals surface area contributed by atoms with E-state index in [2.05, 4.69) is 10.5 Å². The Balaban J connectivity index is 1.52. The van der Waals surface area contributed by atoms with Gasteiger partial charge in [-0.3, -0.25) is 14.5 Å². The van der Waals surface area contributed by atoms with Gasteiger partial charge in [0, 0.05) is 17.1 Å². The molecule has 0 saturated carbocycles. The third-order valence-corrected chi connectivity index (χ3v) is 6.20. The number of carbonyl (C=O) groups is 2. The number of thioether (sulfide) groups is 1. The summed E-state index contributed by atoms with van der Waals surface area (Å²) in [5.74, 6) is 2.40. The van der Waals surface area contributed by atoms with Crippen LogP contribution in [-0.4, -0.2) is 27.2 Å². The van der Waals surface area contributed by atoms with E-state index >= 15 is 0 Å². The topological polar surface area (TPSA) is 51.5 Å². The molecule has 0 atom stereocenters. The fourth-order valence-electron chi connectivity index (χ4n) is 3.64. The molecule has 166 valence electrons. The zero-order valence-electron chi connectivity index (χ0n) is 18.2. The smallest absolute Gasteiger partial charge is 0.294 e. The van der Waals surface area contributed by atoms with Crippen LogP contribution in [0.2, 0.25) is 0 Å². The highest BCUT2D eigenvalue weighted by atomic mass is 32.2. The molecule has 2 amide bonds. The van der Waals surface area contributed by atoms with E-state index in [-0.39, 0.29) is 23.5 Å². The Hall–Kier alpha value is -3.76. The maximum absolute atomic E-state index is 13.0. The molecule has 0 N–H and O–H groups in total. The van der Waals surface area contributed by atoms with Gasteiger partial charge in [-0.25, -0.2) is 4.39 Å². The Labute approximate surface area is 195 Å². The molecule has 0 aliphatic carbocycles. The van der Waals surface area contributed by atoms with Crippen molar-refractivity contribution in [2.45, 2.75) is 20.5 Å². The van der Waals surface area contributed by atoms with E-state index in [0.717, 1.165) is 44.9 Å². The molecule has 1 aromatic heterocycles. The molecule has 3 aromatic rings. The van der Waals surface area contributed by atoms with Crippen LogP contribution in [0.25, 0.3) is 11.8 Å². The highest BCUT2D eigenvalue weighted by Crippen LogP contribution is 2.33. The summed E-state index contributed by atoms with van der Waals surface area (Å²) in [6, 6.07) is 15.8. The Morgan fingerprint density at radius 3 is 2.45 bits per heavy atom. The number of hydrogen-bond acceptors (Lipinski definition) is 4. The first-order valence-electron chi connectivity index (χ1n) is 10.2. The van der Waals surface area contributed by atoms with Crippen molar-refractivity contribution in [2.24, 2.45) is 0 Å². The van der Waals surface area contributed by atoms with Gasteiger partial charge in [0.2, 0.25) is 0 Å². The molecule has 0 unspecified atom stereocenters. The number of rotatable bonds is 6. The number of nitrogens with zero attached hydrogens (tertiary/aromatic N) is 2. The minimum absolute atomic E-state index is 0.0311. The van der Waals surface area contributed by atoms with E-state index < -0.39 is 0 Å². The molecular weight excluding hydrogens is 439 g/mol. The quantitative estimate of drug-likeness (QED) is 0.361. The third kappa shape index (κ3) is 4.71. The molecule has 1 saturated heterocycles. The second kappa shape index (κ2) is 9.39. The van der Waals surface area contributed by atoms with Crippen molar-refractivity contribution in [3.05, 3.63) is 87.8 Å². The molecule has 2 heterocycles. The van der Waals surface area contributed by atoms with Gasteiger partial charge in [-0.05, 0) is 85.3 Å². The standard InChI is InChI=1S/C26H21FN2O3S/c1-4-13-28-25(30)24(33-26(28)31)15-20-14-17(2)29(18(20)3)22-9-11-23(12-10-22)32-16-19-5-7-21(27)8-6-19/h1,5-12,14-15H,13,16H2,2-3H3/b24-15+. The summed E-state index contributed by atoms with van der Waals surface area (Å²) >= 11 is 0.899. The second-order valence-electron chi connectivity index (χ2n) is 7.54. The minimum atomic E-state index is -0.365. The first-order chi connectivity index (χ1) is 15.9. The fourth-order valence-corrected chi connectivity index (χ4v) is 4.47. The summed E-state index contributed by atoms with van der Waals surface area (Å²) in [4.78, 5) is 26.0. The van der Waals surface area contributed by atoms with Crippen LogP contribution in [0, 0.1) is 32.0 Å². The number of amides is 2. The largest absolute Gasteiger partial charge is 0.489 e. The molecular formula is C26H21FN2O3S. The number of aryl methyl sites for hydroxylation is 1. The number of hydrogen-bond donors (Lipinski definition) is 0. The van der Waals surface area contributed by atoms with Gasteiger partial charge in [0.15, 0.2) is 0 Å². The lowest BCUT2D eigenvalue weighted by Crippen LogP contribution is -2.28. The third-order valence-electron chi connectivity index (χ3n) is 5.29. The molecule has 1 aliphatic rings. The van der Waals surface area contributed by atoms with Crippen molar-refractivity contribution in [3.63, 3.8) is 0 Å². The molecule has 0 bridgehead atoms. The summed E-state index contributed by atoms with van der Waals surface area (Å²) in [5.41, 5.74) is 4.61. The average Bonchev–Trinajstić information content (AvgIpc) is 3.23. The molecule has 7 heteroatoms. The molecule has 33 heavy (non-hydrogen) atoms. The van der Waals surface area contributed by atoms with Gasteiger partial charge in [-0.2, -0.15) is 0 Å². The summed E-state index contributed by atoms with van der Waals surface area (Å²) in [7, 11) is 0. The Bertz CT molecular complexity index is 1280. The lowest BCUT2D eigenvalue weighted by Gasteiger charge is -2.12. The van der Waals surface area contributed by atoms with Crippen LogP contribution in [0.15, 0.2) is 59.5 Å². The van der Waals surface area contributed by atoms with E-state index in [1.54, 1.807) is 18.2 Å².